The lowest BCUT2D eigenvalue weighted by Gasteiger charge is -2.23. The topological polar surface area (TPSA) is 49.4 Å². The highest BCUT2D eigenvalue weighted by Gasteiger charge is 2.16. The van der Waals surface area contributed by atoms with Crippen LogP contribution in [0.15, 0.2) is 30.3 Å². The molecule has 2 amide bonds. The maximum Gasteiger partial charge on any atom is 0.226 e. The Labute approximate surface area is 160 Å². The molecule has 0 aliphatic carbocycles. The zero-order chi connectivity index (χ0) is 19.4. The van der Waals surface area contributed by atoms with Crippen LogP contribution in [-0.2, 0) is 9.59 Å². The molecule has 0 aliphatic rings. The Morgan fingerprint density at radius 1 is 1.00 bits per heavy atom. The second-order valence-corrected chi connectivity index (χ2v) is 7.11. The van der Waals surface area contributed by atoms with Gasteiger partial charge < -0.3 is 10.2 Å². The summed E-state index contributed by atoms with van der Waals surface area (Å²) >= 11 is 6.07. The molecule has 0 bridgehead atoms. The minimum absolute atomic E-state index is 0.119. The molecular weight excluding hydrogens is 348 g/mol. The molecule has 2 aromatic rings. The molecule has 0 spiro atoms. The number of anilines is 2. The SMILES string of the molecule is CC(=O)N(CCC(=O)Nc1c(C)cc(C)cc1C)c1cc(Cl)ccc1C. The maximum absolute atomic E-state index is 12.4. The van der Waals surface area contributed by atoms with E-state index in [4.69, 9.17) is 11.6 Å². The van der Waals surface area contributed by atoms with E-state index in [0.29, 0.717) is 11.6 Å². The van der Waals surface area contributed by atoms with Crippen LogP contribution in [0.1, 0.15) is 35.6 Å². The Hall–Kier alpha value is -2.33. The third-order valence-corrected chi connectivity index (χ3v) is 4.58. The largest absolute Gasteiger partial charge is 0.326 e. The maximum atomic E-state index is 12.4. The number of hydrogen-bond donors (Lipinski definition) is 1. The summed E-state index contributed by atoms with van der Waals surface area (Å²) in [4.78, 5) is 26.1. The first-order valence-corrected chi connectivity index (χ1v) is 8.98. The van der Waals surface area contributed by atoms with Gasteiger partial charge in [0, 0.05) is 36.3 Å². The van der Waals surface area contributed by atoms with Crippen LogP contribution >= 0.6 is 11.6 Å². The van der Waals surface area contributed by atoms with Crippen molar-refractivity contribution in [2.75, 3.05) is 16.8 Å². The number of halogens is 1. The number of carbonyl (C=O) groups is 2. The van der Waals surface area contributed by atoms with Gasteiger partial charge in [-0.05, 0) is 56.5 Å². The fourth-order valence-electron chi connectivity index (χ4n) is 3.11. The highest BCUT2D eigenvalue weighted by Crippen LogP contribution is 2.25. The van der Waals surface area contributed by atoms with Gasteiger partial charge >= 0.3 is 0 Å². The average Bonchev–Trinajstić information content (AvgIpc) is 2.54. The standard InChI is InChI=1S/C21H25ClN2O2/c1-13-10-15(3)21(16(4)11-13)23-20(26)8-9-24(17(5)25)19-12-18(22)7-6-14(19)2/h6-7,10-12H,8-9H2,1-5H3,(H,23,26). The van der Waals surface area contributed by atoms with Crippen molar-refractivity contribution in [3.8, 4) is 0 Å². The van der Waals surface area contributed by atoms with E-state index in [1.54, 1.807) is 17.0 Å². The number of amides is 2. The lowest BCUT2D eigenvalue weighted by Crippen LogP contribution is -2.32. The molecule has 4 nitrogen and oxygen atoms in total. The van der Waals surface area contributed by atoms with Crippen molar-refractivity contribution >= 4 is 34.8 Å². The van der Waals surface area contributed by atoms with Crippen LogP contribution < -0.4 is 10.2 Å². The monoisotopic (exact) mass is 372 g/mol. The van der Waals surface area contributed by atoms with Gasteiger partial charge in [0.15, 0.2) is 0 Å². The van der Waals surface area contributed by atoms with E-state index in [0.717, 1.165) is 33.6 Å². The Balaban J connectivity index is 2.11. The molecule has 0 atom stereocenters. The molecule has 0 fully saturated rings. The summed E-state index contributed by atoms with van der Waals surface area (Å²) in [7, 11) is 0. The summed E-state index contributed by atoms with van der Waals surface area (Å²) < 4.78 is 0. The van der Waals surface area contributed by atoms with E-state index in [9.17, 15) is 9.59 Å². The van der Waals surface area contributed by atoms with Gasteiger partial charge in [-0.25, -0.2) is 0 Å². The van der Waals surface area contributed by atoms with E-state index in [2.05, 4.69) is 5.32 Å². The number of nitrogens with one attached hydrogen (secondary N) is 1. The normalized spacial score (nSPS) is 10.5. The molecular formula is C21H25ClN2O2. The minimum atomic E-state index is -0.120. The van der Waals surface area contributed by atoms with Gasteiger partial charge in [0.2, 0.25) is 11.8 Å². The third-order valence-electron chi connectivity index (χ3n) is 4.35. The molecule has 1 N–H and O–H groups in total. The quantitative estimate of drug-likeness (QED) is 0.806. The zero-order valence-electron chi connectivity index (χ0n) is 15.9. The fraction of sp³-hybridized carbons (Fsp3) is 0.333. The molecule has 0 radical (unpaired) electrons. The van der Waals surface area contributed by atoms with Crippen LogP contribution in [0, 0.1) is 27.7 Å². The Bertz CT molecular complexity index is 823. The summed E-state index contributed by atoms with van der Waals surface area (Å²) in [6, 6.07) is 9.49. The molecule has 0 aromatic heterocycles. The van der Waals surface area contributed by atoms with E-state index < -0.39 is 0 Å². The minimum Gasteiger partial charge on any atom is -0.326 e. The predicted molar refractivity (Wildman–Crippen MR) is 108 cm³/mol. The molecule has 0 heterocycles. The van der Waals surface area contributed by atoms with Crippen LogP contribution in [0.4, 0.5) is 11.4 Å². The number of rotatable bonds is 5. The van der Waals surface area contributed by atoms with E-state index in [-0.39, 0.29) is 18.2 Å². The molecule has 2 aromatic carbocycles. The average molecular weight is 373 g/mol. The number of nitrogens with zero attached hydrogens (tertiary/aromatic N) is 1. The number of hydrogen-bond acceptors (Lipinski definition) is 2. The zero-order valence-corrected chi connectivity index (χ0v) is 16.7. The van der Waals surface area contributed by atoms with Crippen molar-refractivity contribution in [3.05, 3.63) is 57.6 Å². The Morgan fingerprint density at radius 3 is 2.19 bits per heavy atom. The fourth-order valence-corrected chi connectivity index (χ4v) is 3.28. The smallest absolute Gasteiger partial charge is 0.226 e. The van der Waals surface area contributed by atoms with Crippen molar-refractivity contribution in [2.45, 2.75) is 41.0 Å². The van der Waals surface area contributed by atoms with Crippen molar-refractivity contribution in [2.24, 2.45) is 0 Å². The van der Waals surface area contributed by atoms with Gasteiger partial charge in [0.05, 0.1) is 0 Å². The van der Waals surface area contributed by atoms with E-state index >= 15 is 0 Å². The van der Waals surface area contributed by atoms with Crippen molar-refractivity contribution in [1.29, 1.82) is 0 Å². The number of aryl methyl sites for hydroxylation is 4. The Morgan fingerprint density at radius 2 is 1.62 bits per heavy atom. The summed E-state index contributed by atoms with van der Waals surface area (Å²) in [5.74, 6) is -0.239. The van der Waals surface area contributed by atoms with Crippen molar-refractivity contribution in [3.63, 3.8) is 0 Å². The van der Waals surface area contributed by atoms with Gasteiger partial charge in [0.1, 0.15) is 0 Å². The first-order valence-electron chi connectivity index (χ1n) is 8.61. The summed E-state index contributed by atoms with van der Waals surface area (Å²) in [6.07, 6.45) is 0.207. The van der Waals surface area contributed by atoms with Crippen LogP contribution in [0.2, 0.25) is 5.02 Å². The van der Waals surface area contributed by atoms with Crippen molar-refractivity contribution < 1.29 is 9.59 Å². The second-order valence-electron chi connectivity index (χ2n) is 6.67. The van der Waals surface area contributed by atoms with Crippen molar-refractivity contribution in [1.82, 2.24) is 0 Å². The second kappa shape index (κ2) is 8.37. The first kappa shape index (κ1) is 20.0. The van der Waals surface area contributed by atoms with Gasteiger partial charge in [-0.2, -0.15) is 0 Å². The van der Waals surface area contributed by atoms with Crippen LogP contribution in [0.5, 0.6) is 0 Å². The Kier molecular flexibility index (Phi) is 6.43. The molecule has 0 unspecified atom stereocenters. The lowest BCUT2D eigenvalue weighted by atomic mass is 10.0. The van der Waals surface area contributed by atoms with Gasteiger partial charge in [-0.15, -0.1) is 0 Å². The molecule has 0 saturated carbocycles. The number of benzene rings is 2. The lowest BCUT2D eigenvalue weighted by molar-refractivity contribution is -0.117. The molecule has 138 valence electrons. The molecule has 5 heteroatoms. The molecule has 0 saturated heterocycles. The number of carbonyl (C=O) groups excluding carboxylic acids is 2. The third kappa shape index (κ3) is 4.85. The summed E-state index contributed by atoms with van der Waals surface area (Å²) in [6.45, 7) is 9.70. The molecule has 26 heavy (non-hydrogen) atoms. The molecule has 2 rings (SSSR count). The highest BCUT2D eigenvalue weighted by atomic mass is 35.5. The molecule has 0 aliphatic heterocycles. The van der Waals surface area contributed by atoms with Gasteiger partial charge in [0.25, 0.3) is 0 Å². The van der Waals surface area contributed by atoms with E-state index in [1.807, 2.05) is 45.9 Å². The summed E-state index contributed by atoms with van der Waals surface area (Å²) in [5, 5.41) is 3.54. The first-order chi connectivity index (χ1) is 12.2. The van der Waals surface area contributed by atoms with Gasteiger partial charge in [-0.3, -0.25) is 9.59 Å². The predicted octanol–water partition coefficient (Wildman–Crippen LogP) is 4.96. The van der Waals surface area contributed by atoms with Gasteiger partial charge in [-0.1, -0.05) is 35.4 Å². The van der Waals surface area contributed by atoms with E-state index in [1.165, 1.54) is 6.92 Å². The summed E-state index contributed by atoms with van der Waals surface area (Å²) in [5.41, 5.74) is 5.75. The highest BCUT2D eigenvalue weighted by molar-refractivity contribution is 6.31. The van der Waals surface area contributed by atoms with Crippen LogP contribution in [0.3, 0.4) is 0 Å². The van der Waals surface area contributed by atoms with Crippen LogP contribution in [0.25, 0.3) is 0 Å². The van der Waals surface area contributed by atoms with Crippen LogP contribution in [-0.4, -0.2) is 18.4 Å².